The molecule has 1 aromatic carbocycles. The lowest BCUT2D eigenvalue weighted by atomic mass is 10.0. The Morgan fingerprint density at radius 3 is 2.57 bits per heavy atom. The minimum Gasteiger partial charge on any atom is -0.356 e. The van der Waals surface area contributed by atoms with E-state index >= 15 is 0 Å². The van der Waals surface area contributed by atoms with Crippen molar-refractivity contribution in [2.24, 2.45) is 0 Å². The molecule has 0 radical (unpaired) electrons. The molecule has 0 bridgehead atoms. The highest BCUT2D eigenvalue weighted by Gasteiger charge is 2.42. The summed E-state index contributed by atoms with van der Waals surface area (Å²) in [6.07, 6.45) is 12.4. The molecule has 2 fully saturated rings. The van der Waals surface area contributed by atoms with Crippen LogP contribution in [-0.4, -0.2) is 71.8 Å². The lowest BCUT2D eigenvalue weighted by molar-refractivity contribution is -0.130. The topological polar surface area (TPSA) is 146 Å². The van der Waals surface area contributed by atoms with Crippen LogP contribution in [0.2, 0.25) is 0 Å². The summed E-state index contributed by atoms with van der Waals surface area (Å²) in [6.45, 7) is 0.503. The summed E-state index contributed by atoms with van der Waals surface area (Å²) in [5, 5.41) is 14.8. The first kappa shape index (κ1) is 33.0. The highest BCUT2D eigenvalue weighted by molar-refractivity contribution is 8.00. The normalized spacial score (nSPS) is 20.3. The maximum atomic E-state index is 13.0. The number of unbranched alkanes of at least 4 members (excludes halogenated alkanes) is 3. The lowest BCUT2D eigenvalue weighted by Gasteiger charge is -2.21. The van der Waals surface area contributed by atoms with Crippen LogP contribution in [0.25, 0.3) is 0 Å². The molecule has 10 nitrogen and oxygen atoms in total. The standard InChI is InChI=1S/C31H43N5O5S/c1-2-3-5-17-28(39)34-24(19-22-12-6-4-7-13-22)30(40)33-23(20-37)14-10-11-18-32-27(38)16-9-8-15-26-29-25(21-42-26)35-31(41)36-29/h1,4,6-7,12-13,20,23-26,29H,3,5,8-11,14-19,21H2,(H,32,38)(H,33,40)(H,34,39)(H2,35,36,41)/t23-,24-,25-,26-,29-/m0/s1. The lowest BCUT2D eigenvalue weighted by Crippen LogP contribution is -2.51. The molecule has 0 aliphatic carbocycles. The van der Waals surface area contributed by atoms with E-state index < -0.39 is 18.0 Å². The van der Waals surface area contributed by atoms with Crippen molar-refractivity contribution in [3.8, 4) is 12.3 Å². The van der Waals surface area contributed by atoms with Gasteiger partial charge in [-0.2, -0.15) is 11.8 Å². The first-order valence-corrected chi connectivity index (χ1v) is 15.9. The number of thioether (sulfide) groups is 1. The van der Waals surface area contributed by atoms with Crippen LogP contribution in [0.3, 0.4) is 0 Å². The summed E-state index contributed by atoms with van der Waals surface area (Å²) < 4.78 is 0. The predicted octanol–water partition coefficient (Wildman–Crippen LogP) is 2.21. The molecular weight excluding hydrogens is 554 g/mol. The zero-order valence-corrected chi connectivity index (χ0v) is 24.9. The summed E-state index contributed by atoms with van der Waals surface area (Å²) in [7, 11) is 0. The molecule has 5 amide bonds. The number of aldehydes is 1. The number of rotatable bonds is 19. The van der Waals surface area contributed by atoms with E-state index in [1.165, 1.54) is 0 Å². The average Bonchev–Trinajstić information content (AvgIpc) is 3.53. The number of carbonyl (C=O) groups excluding carboxylic acids is 5. The molecule has 0 unspecified atom stereocenters. The molecule has 228 valence electrons. The molecule has 5 atom stereocenters. The third-order valence-corrected chi connectivity index (χ3v) is 9.00. The van der Waals surface area contributed by atoms with Gasteiger partial charge >= 0.3 is 6.03 Å². The number of benzene rings is 1. The molecule has 0 aromatic heterocycles. The maximum absolute atomic E-state index is 13.0. The average molecular weight is 598 g/mol. The largest absolute Gasteiger partial charge is 0.356 e. The van der Waals surface area contributed by atoms with Crippen LogP contribution in [0, 0.1) is 12.3 Å². The van der Waals surface area contributed by atoms with Gasteiger partial charge in [-0.25, -0.2) is 4.79 Å². The molecule has 0 saturated carbocycles. The van der Waals surface area contributed by atoms with Gasteiger partial charge in [0.15, 0.2) is 0 Å². The van der Waals surface area contributed by atoms with Crippen LogP contribution in [0.4, 0.5) is 4.79 Å². The van der Waals surface area contributed by atoms with Gasteiger partial charge in [0.25, 0.3) is 0 Å². The highest BCUT2D eigenvalue weighted by Crippen LogP contribution is 2.33. The second-order valence-corrected chi connectivity index (χ2v) is 12.1. The highest BCUT2D eigenvalue weighted by atomic mass is 32.2. The van der Waals surface area contributed by atoms with Crippen LogP contribution in [-0.2, 0) is 25.6 Å². The van der Waals surface area contributed by atoms with Crippen LogP contribution in [0.1, 0.15) is 69.8 Å². The van der Waals surface area contributed by atoms with Gasteiger partial charge in [-0.1, -0.05) is 36.8 Å². The molecule has 3 rings (SSSR count). The van der Waals surface area contributed by atoms with Gasteiger partial charge in [0, 0.05) is 43.2 Å². The van der Waals surface area contributed by atoms with Gasteiger partial charge in [0.2, 0.25) is 17.7 Å². The molecule has 2 aliphatic heterocycles. The van der Waals surface area contributed by atoms with Gasteiger partial charge in [0.1, 0.15) is 12.3 Å². The van der Waals surface area contributed by atoms with E-state index in [0.29, 0.717) is 63.0 Å². The summed E-state index contributed by atoms with van der Waals surface area (Å²) >= 11 is 1.88. The van der Waals surface area contributed by atoms with Crippen molar-refractivity contribution in [1.29, 1.82) is 0 Å². The molecular formula is C31H43N5O5S. The van der Waals surface area contributed by atoms with Crippen LogP contribution < -0.4 is 26.6 Å². The molecule has 11 heteroatoms. The van der Waals surface area contributed by atoms with E-state index in [2.05, 4.69) is 32.5 Å². The molecule has 2 heterocycles. The van der Waals surface area contributed by atoms with E-state index in [4.69, 9.17) is 6.42 Å². The van der Waals surface area contributed by atoms with Crippen molar-refractivity contribution in [3.63, 3.8) is 0 Å². The van der Waals surface area contributed by atoms with Crippen LogP contribution >= 0.6 is 11.8 Å². The molecule has 42 heavy (non-hydrogen) atoms. The fourth-order valence-corrected chi connectivity index (χ4v) is 6.76. The van der Waals surface area contributed by atoms with Crippen molar-refractivity contribution >= 4 is 41.8 Å². The number of amides is 5. The van der Waals surface area contributed by atoms with Crippen molar-refractivity contribution in [2.75, 3.05) is 12.3 Å². The Bertz CT molecular complexity index is 1090. The third-order valence-electron chi connectivity index (χ3n) is 7.50. The van der Waals surface area contributed by atoms with Crippen molar-refractivity contribution in [1.82, 2.24) is 26.6 Å². The SMILES string of the molecule is C#CCCCC(=O)N[C@@H](Cc1ccccc1)C(=O)N[C@H](C=O)CCCCNC(=O)CCCC[C@@H]1SC[C@@H]2NC(=O)N[C@@H]21. The van der Waals surface area contributed by atoms with Gasteiger partial charge in [-0.3, -0.25) is 14.4 Å². The van der Waals surface area contributed by atoms with Gasteiger partial charge < -0.3 is 31.4 Å². The number of nitrogens with one attached hydrogen (secondary N) is 5. The fraction of sp³-hybridized carbons (Fsp3) is 0.581. The van der Waals surface area contributed by atoms with Crippen LogP contribution in [0.15, 0.2) is 30.3 Å². The minimum absolute atomic E-state index is 0.00441. The van der Waals surface area contributed by atoms with Crippen molar-refractivity contribution in [2.45, 2.75) is 100 Å². The number of hydrogen-bond acceptors (Lipinski definition) is 6. The van der Waals surface area contributed by atoms with E-state index in [1.807, 2.05) is 42.1 Å². The Labute approximate surface area is 252 Å². The monoisotopic (exact) mass is 597 g/mol. The number of hydrogen-bond donors (Lipinski definition) is 5. The predicted molar refractivity (Wildman–Crippen MR) is 164 cm³/mol. The zero-order valence-electron chi connectivity index (χ0n) is 24.1. The summed E-state index contributed by atoms with van der Waals surface area (Å²) in [5.41, 5.74) is 0.894. The molecule has 2 saturated heterocycles. The molecule has 0 spiro atoms. The van der Waals surface area contributed by atoms with E-state index in [9.17, 15) is 24.0 Å². The van der Waals surface area contributed by atoms with Gasteiger partial charge in [-0.05, 0) is 44.1 Å². The van der Waals surface area contributed by atoms with Crippen molar-refractivity contribution < 1.29 is 24.0 Å². The van der Waals surface area contributed by atoms with Crippen LogP contribution in [0.5, 0.6) is 0 Å². The Morgan fingerprint density at radius 1 is 1.02 bits per heavy atom. The summed E-state index contributed by atoms with van der Waals surface area (Å²) in [6, 6.07) is 8.21. The Balaban J connectivity index is 1.31. The van der Waals surface area contributed by atoms with E-state index in [0.717, 1.165) is 30.6 Å². The first-order chi connectivity index (χ1) is 20.4. The molecule has 1 aromatic rings. The second-order valence-electron chi connectivity index (χ2n) is 10.8. The number of urea groups is 1. The summed E-state index contributed by atoms with van der Waals surface area (Å²) in [4.78, 5) is 60.8. The Hall–Kier alpha value is -3.52. The Morgan fingerprint density at radius 2 is 1.81 bits per heavy atom. The molecule has 2 aliphatic rings. The number of terminal acetylenes is 1. The maximum Gasteiger partial charge on any atom is 0.315 e. The second kappa shape index (κ2) is 18.1. The fourth-order valence-electron chi connectivity index (χ4n) is 5.21. The number of carbonyl (C=O) groups is 5. The quantitative estimate of drug-likeness (QED) is 0.0716. The third kappa shape index (κ3) is 11.4. The Kier molecular flexibility index (Phi) is 14.2. The van der Waals surface area contributed by atoms with E-state index in [1.54, 1.807) is 0 Å². The van der Waals surface area contributed by atoms with Gasteiger partial charge in [0.05, 0.1) is 18.1 Å². The van der Waals surface area contributed by atoms with E-state index in [-0.39, 0.29) is 36.3 Å². The summed E-state index contributed by atoms with van der Waals surface area (Å²) in [5.74, 6) is 2.77. The zero-order chi connectivity index (χ0) is 30.2. The van der Waals surface area contributed by atoms with Gasteiger partial charge in [-0.15, -0.1) is 12.3 Å². The number of fused-ring (bicyclic) bond motifs is 1. The molecule has 5 N–H and O–H groups in total. The van der Waals surface area contributed by atoms with Crippen molar-refractivity contribution in [3.05, 3.63) is 35.9 Å². The minimum atomic E-state index is -0.810. The first-order valence-electron chi connectivity index (χ1n) is 14.9. The smallest absolute Gasteiger partial charge is 0.315 e.